The maximum absolute atomic E-state index is 5.60. The molecule has 0 aliphatic carbocycles. The van der Waals surface area contributed by atoms with Crippen molar-refractivity contribution < 1.29 is 4.74 Å². The van der Waals surface area contributed by atoms with Gasteiger partial charge in [-0.05, 0) is 45.6 Å². The Morgan fingerprint density at radius 3 is 2.82 bits per heavy atom. The van der Waals surface area contributed by atoms with Gasteiger partial charge in [-0.2, -0.15) is 0 Å². The molecule has 0 aromatic heterocycles. The van der Waals surface area contributed by atoms with E-state index in [0.29, 0.717) is 0 Å². The fraction of sp³-hybridized carbons (Fsp3) is 1.00. The summed E-state index contributed by atoms with van der Waals surface area (Å²) in [6.45, 7) is 6.06. The van der Waals surface area contributed by atoms with E-state index in [0.717, 1.165) is 25.5 Å². The van der Waals surface area contributed by atoms with Crippen LogP contribution in [0.25, 0.3) is 0 Å². The number of hydrogen-bond acceptors (Lipinski definition) is 2. The molecule has 1 aliphatic heterocycles. The number of nitrogens with two attached hydrogens (primary N) is 1. The Morgan fingerprint density at radius 1 is 1.55 bits per heavy atom. The highest BCUT2D eigenvalue weighted by atomic mass is 16.5. The van der Waals surface area contributed by atoms with E-state index in [1.54, 1.807) is 0 Å². The molecule has 0 aromatic rings. The van der Waals surface area contributed by atoms with Crippen molar-refractivity contribution in [1.82, 2.24) is 0 Å². The largest absolute Gasteiger partial charge is 0.376 e. The lowest BCUT2D eigenvalue weighted by Crippen LogP contribution is -2.34. The van der Waals surface area contributed by atoms with Crippen LogP contribution in [0.15, 0.2) is 0 Å². The molecular weight excluding hydrogens is 138 g/mol. The summed E-state index contributed by atoms with van der Waals surface area (Å²) in [6.07, 6.45) is 3.53. The van der Waals surface area contributed by atoms with E-state index in [-0.39, 0.29) is 5.60 Å². The summed E-state index contributed by atoms with van der Waals surface area (Å²) in [5.74, 6) is 0.795. The van der Waals surface area contributed by atoms with Crippen molar-refractivity contribution >= 4 is 0 Å². The molecule has 0 saturated carbocycles. The lowest BCUT2D eigenvalue weighted by Gasteiger charge is -2.35. The van der Waals surface area contributed by atoms with Crippen LogP contribution in [-0.2, 0) is 4.74 Å². The zero-order valence-electron chi connectivity index (χ0n) is 7.60. The average molecular weight is 157 g/mol. The SMILES string of the molecule is CC1(C)C[C@@H](CCN)CCO1. The van der Waals surface area contributed by atoms with Crippen molar-refractivity contribution in [2.45, 2.75) is 38.7 Å². The lowest BCUT2D eigenvalue weighted by molar-refractivity contribution is -0.0730. The highest BCUT2D eigenvalue weighted by molar-refractivity contribution is 4.78. The van der Waals surface area contributed by atoms with Gasteiger partial charge >= 0.3 is 0 Å². The molecule has 66 valence electrons. The second kappa shape index (κ2) is 3.55. The van der Waals surface area contributed by atoms with Gasteiger partial charge < -0.3 is 10.5 Å². The van der Waals surface area contributed by atoms with Gasteiger partial charge in [0.25, 0.3) is 0 Å². The molecule has 0 amide bonds. The van der Waals surface area contributed by atoms with Crippen molar-refractivity contribution in [3.05, 3.63) is 0 Å². The van der Waals surface area contributed by atoms with Gasteiger partial charge in [-0.15, -0.1) is 0 Å². The third-order valence-electron chi connectivity index (χ3n) is 2.37. The third-order valence-corrected chi connectivity index (χ3v) is 2.37. The standard InChI is InChI=1S/C9H19NO/c1-9(2)7-8(3-5-10)4-6-11-9/h8H,3-7,10H2,1-2H3/t8-/m0/s1. The van der Waals surface area contributed by atoms with E-state index >= 15 is 0 Å². The third kappa shape index (κ3) is 2.80. The molecule has 0 aromatic carbocycles. The van der Waals surface area contributed by atoms with Gasteiger partial charge in [0, 0.05) is 6.61 Å². The maximum Gasteiger partial charge on any atom is 0.0629 e. The van der Waals surface area contributed by atoms with Crippen LogP contribution in [0, 0.1) is 5.92 Å². The Kier molecular flexibility index (Phi) is 2.90. The first kappa shape index (κ1) is 9.01. The van der Waals surface area contributed by atoms with E-state index in [1.807, 2.05) is 0 Å². The van der Waals surface area contributed by atoms with Crippen molar-refractivity contribution in [2.24, 2.45) is 11.7 Å². The molecular formula is C9H19NO. The monoisotopic (exact) mass is 157 g/mol. The van der Waals surface area contributed by atoms with Gasteiger partial charge in [-0.1, -0.05) is 0 Å². The molecule has 0 radical (unpaired) electrons. The zero-order valence-corrected chi connectivity index (χ0v) is 7.60. The first-order valence-electron chi connectivity index (χ1n) is 4.48. The van der Waals surface area contributed by atoms with Crippen molar-refractivity contribution in [3.8, 4) is 0 Å². The van der Waals surface area contributed by atoms with Gasteiger partial charge in [0.1, 0.15) is 0 Å². The van der Waals surface area contributed by atoms with E-state index in [2.05, 4.69) is 13.8 Å². The minimum Gasteiger partial charge on any atom is -0.376 e. The molecule has 1 heterocycles. The predicted octanol–water partition coefficient (Wildman–Crippen LogP) is 1.54. The summed E-state index contributed by atoms with van der Waals surface area (Å²) in [6, 6.07) is 0. The van der Waals surface area contributed by atoms with Crippen LogP contribution < -0.4 is 5.73 Å². The molecule has 1 fully saturated rings. The molecule has 1 rings (SSSR count). The molecule has 1 atom stereocenters. The van der Waals surface area contributed by atoms with E-state index in [4.69, 9.17) is 10.5 Å². The van der Waals surface area contributed by atoms with Gasteiger partial charge in [0.2, 0.25) is 0 Å². The second-order valence-corrected chi connectivity index (χ2v) is 4.04. The van der Waals surface area contributed by atoms with Crippen LogP contribution in [0.3, 0.4) is 0 Å². The lowest BCUT2D eigenvalue weighted by atomic mass is 9.86. The minimum absolute atomic E-state index is 0.0953. The zero-order chi connectivity index (χ0) is 8.32. The first-order valence-corrected chi connectivity index (χ1v) is 4.48. The predicted molar refractivity (Wildman–Crippen MR) is 46.4 cm³/mol. The van der Waals surface area contributed by atoms with Gasteiger partial charge in [0.05, 0.1) is 5.60 Å². The molecule has 1 saturated heterocycles. The molecule has 0 unspecified atom stereocenters. The van der Waals surface area contributed by atoms with Crippen LogP contribution in [0.5, 0.6) is 0 Å². The van der Waals surface area contributed by atoms with Gasteiger partial charge in [0.15, 0.2) is 0 Å². The Morgan fingerprint density at radius 2 is 2.27 bits per heavy atom. The van der Waals surface area contributed by atoms with Crippen molar-refractivity contribution in [2.75, 3.05) is 13.2 Å². The maximum atomic E-state index is 5.60. The number of hydrogen-bond donors (Lipinski definition) is 1. The van der Waals surface area contributed by atoms with Crippen LogP contribution in [-0.4, -0.2) is 18.8 Å². The Bertz CT molecular complexity index is 121. The molecule has 2 heteroatoms. The Labute approximate surface area is 69.1 Å². The summed E-state index contributed by atoms with van der Waals surface area (Å²) in [7, 11) is 0. The number of ether oxygens (including phenoxy) is 1. The normalized spacial score (nSPS) is 30.3. The summed E-state index contributed by atoms with van der Waals surface area (Å²) < 4.78 is 5.60. The minimum atomic E-state index is 0.0953. The fourth-order valence-electron chi connectivity index (χ4n) is 1.84. The first-order chi connectivity index (χ1) is 5.14. The second-order valence-electron chi connectivity index (χ2n) is 4.04. The fourth-order valence-corrected chi connectivity index (χ4v) is 1.84. The highest BCUT2D eigenvalue weighted by Crippen LogP contribution is 2.29. The Balaban J connectivity index is 2.34. The van der Waals surface area contributed by atoms with E-state index in [9.17, 15) is 0 Å². The number of rotatable bonds is 2. The average Bonchev–Trinajstić information content (AvgIpc) is 1.85. The van der Waals surface area contributed by atoms with Crippen molar-refractivity contribution in [1.29, 1.82) is 0 Å². The summed E-state index contributed by atoms with van der Waals surface area (Å²) in [5.41, 5.74) is 5.60. The van der Waals surface area contributed by atoms with Crippen molar-refractivity contribution in [3.63, 3.8) is 0 Å². The van der Waals surface area contributed by atoms with Crippen LogP contribution in [0.4, 0.5) is 0 Å². The summed E-state index contributed by atoms with van der Waals surface area (Å²) in [4.78, 5) is 0. The summed E-state index contributed by atoms with van der Waals surface area (Å²) in [5, 5.41) is 0. The molecule has 0 spiro atoms. The van der Waals surface area contributed by atoms with Gasteiger partial charge in [-0.3, -0.25) is 0 Å². The van der Waals surface area contributed by atoms with E-state index in [1.165, 1.54) is 12.8 Å². The molecule has 2 nitrogen and oxygen atoms in total. The quantitative estimate of drug-likeness (QED) is 0.660. The molecule has 1 aliphatic rings. The van der Waals surface area contributed by atoms with E-state index < -0.39 is 0 Å². The highest BCUT2D eigenvalue weighted by Gasteiger charge is 2.27. The topological polar surface area (TPSA) is 35.2 Å². The smallest absolute Gasteiger partial charge is 0.0629 e. The molecule has 2 N–H and O–H groups in total. The summed E-state index contributed by atoms with van der Waals surface area (Å²) >= 11 is 0. The van der Waals surface area contributed by atoms with Crippen LogP contribution in [0.1, 0.15) is 33.1 Å². The van der Waals surface area contributed by atoms with Crippen LogP contribution >= 0.6 is 0 Å². The van der Waals surface area contributed by atoms with Crippen LogP contribution in [0.2, 0.25) is 0 Å². The molecule has 0 bridgehead atoms. The Hall–Kier alpha value is -0.0800. The molecule has 11 heavy (non-hydrogen) atoms. The van der Waals surface area contributed by atoms with Gasteiger partial charge in [-0.25, -0.2) is 0 Å².